The number of hydrogen-bond donors (Lipinski definition) is 0. The first-order valence-electron chi connectivity index (χ1n) is 3.39. The van der Waals surface area contributed by atoms with Gasteiger partial charge in [-0.15, -0.1) is 6.58 Å². The summed E-state index contributed by atoms with van der Waals surface area (Å²) in [6, 6.07) is 0. The molecule has 0 aromatic rings. The smallest absolute Gasteiger partial charge is 0.00650 e. The molecule has 0 nitrogen and oxygen atoms in total. The predicted octanol–water partition coefficient (Wildman–Crippen LogP) is 3.23. The van der Waals surface area contributed by atoms with Crippen LogP contribution in [0.15, 0.2) is 12.7 Å². The van der Waals surface area contributed by atoms with Gasteiger partial charge in [0.25, 0.3) is 0 Å². The molecule has 0 aliphatic heterocycles. The second-order valence-electron chi connectivity index (χ2n) is 2.68. The van der Waals surface area contributed by atoms with Crippen molar-refractivity contribution in [1.82, 2.24) is 0 Å². The first-order valence-corrected chi connectivity index (χ1v) is 4.51. The van der Waals surface area contributed by atoms with Crippen LogP contribution in [-0.2, 0) is 0 Å². The zero-order valence-corrected chi connectivity index (χ0v) is 7.82. The number of allylic oxidation sites excluding steroid dienone is 1. The lowest BCUT2D eigenvalue weighted by molar-refractivity contribution is 0.434. The number of rotatable bonds is 4. The van der Waals surface area contributed by atoms with Crippen LogP contribution < -0.4 is 0 Å². The highest BCUT2D eigenvalue weighted by molar-refractivity contribution is 9.09. The molecule has 0 N–H and O–H groups in total. The second-order valence-corrected chi connectivity index (χ2v) is 3.33. The molecule has 0 saturated carbocycles. The maximum absolute atomic E-state index is 3.71. The molecule has 0 aromatic carbocycles. The van der Waals surface area contributed by atoms with Crippen LogP contribution >= 0.6 is 15.9 Å². The van der Waals surface area contributed by atoms with Crippen molar-refractivity contribution in [2.45, 2.75) is 20.3 Å². The zero-order valence-electron chi connectivity index (χ0n) is 6.23. The van der Waals surface area contributed by atoms with Gasteiger partial charge in [0, 0.05) is 5.33 Å². The molecule has 0 spiro atoms. The van der Waals surface area contributed by atoms with Gasteiger partial charge in [-0.25, -0.2) is 0 Å². The Labute approximate surface area is 66.5 Å². The molecule has 0 saturated heterocycles. The summed E-state index contributed by atoms with van der Waals surface area (Å²) in [4.78, 5) is 0. The molecule has 0 fully saturated rings. The van der Waals surface area contributed by atoms with Crippen molar-refractivity contribution in [1.29, 1.82) is 0 Å². The van der Waals surface area contributed by atoms with Gasteiger partial charge in [-0.05, 0) is 18.3 Å². The van der Waals surface area contributed by atoms with Gasteiger partial charge in [-0.2, -0.15) is 0 Å². The molecule has 0 heterocycles. The molecule has 0 aliphatic carbocycles. The Morgan fingerprint density at radius 3 is 2.22 bits per heavy atom. The molecule has 1 heteroatoms. The average molecular weight is 191 g/mol. The van der Waals surface area contributed by atoms with Crippen LogP contribution in [0.1, 0.15) is 20.3 Å². The van der Waals surface area contributed by atoms with Crippen molar-refractivity contribution in [3.8, 4) is 0 Å². The van der Waals surface area contributed by atoms with Crippen molar-refractivity contribution >= 4 is 15.9 Å². The van der Waals surface area contributed by atoms with Crippen molar-refractivity contribution in [3.05, 3.63) is 12.7 Å². The lowest BCUT2D eigenvalue weighted by Gasteiger charge is -2.14. The Morgan fingerprint density at radius 1 is 1.56 bits per heavy atom. The van der Waals surface area contributed by atoms with Gasteiger partial charge < -0.3 is 0 Å². The molecule has 0 aliphatic rings. The van der Waals surface area contributed by atoms with Gasteiger partial charge in [0.1, 0.15) is 0 Å². The Morgan fingerprint density at radius 2 is 2.11 bits per heavy atom. The normalized spacial score (nSPS) is 13.8. The minimum absolute atomic E-state index is 0.766. The summed E-state index contributed by atoms with van der Waals surface area (Å²) in [7, 11) is 0. The summed E-state index contributed by atoms with van der Waals surface area (Å²) in [6.45, 7) is 8.20. The summed E-state index contributed by atoms with van der Waals surface area (Å²) in [5.74, 6) is 1.53. The number of hydrogen-bond acceptors (Lipinski definition) is 0. The summed E-state index contributed by atoms with van der Waals surface area (Å²) < 4.78 is 0. The minimum atomic E-state index is 0.766. The molecule has 1 atom stereocenters. The fraction of sp³-hybridized carbons (Fsp3) is 0.750. The van der Waals surface area contributed by atoms with Crippen molar-refractivity contribution < 1.29 is 0 Å². The number of halogens is 1. The van der Waals surface area contributed by atoms with Crippen LogP contribution in [0.5, 0.6) is 0 Å². The van der Waals surface area contributed by atoms with Crippen LogP contribution in [-0.4, -0.2) is 5.33 Å². The first kappa shape index (κ1) is 9.22. The average Bonchev–Trinajstić information content (AvgIpc) is 1.82. The van der Waals surface area contributed by atoms with E-state index in [1.54, 1.807) is 0 Å². The van der Waals surface area contributed by atoms with Crippen LogP contribution in [0.2, 0.25) is 0 Å². The van der Waals surface area contributed by atoms with Gasteiger partial charge in [-0.1, -0.05) is 35.9 Å². The third kappa shape index (κ3) is 3.74. The molecule has 1 unspecified atom stereocenters. The van der Waals surface area contributed by atoms with Gasteiger partial charge in [0.15, 0.2) is 0 Å². The topological polar surface area (TPSA) is 0 Å². The summed E-state index contributed by atoms with van der Waals surface area (Å²) in [5, 5.41) is 1.09. The van der Waals surface area contributed by atoms with E-state index in [1.165, 1.54) is 0 Å². The van der Waals surface area contributed by atoms with Crippen LogP contribution in [0.3, 0.4) is 0 Å². The third-order valence-electron chi connectivity index (χ3n) is 1.61. The van der Waals surface area contributed by atoms with E-state index in [9.17, 15) is 0 Å². The first-order chi connectivity index (χ1) is 4.22. The molecule has 54 valence electrons. The van der Waals surface area contributed by atoms with Crippen LogP contribution in [0.4, 0.5) is 0 Å². The molecule has 0 amide bonds. The van der Waals surface area contributed by atoms with Crippen molar-refractivity contribution in [2.24, 2.45) is 11.8 Å². The van der Waals surface area contributed by atoms with E-state index in [0.29, 0.717) is 0 Å². The monoisotopic (exact) mass is 190 g/mol. The lowest BCUT2D eigenvalue weighted by atomic mass is 9.95. The predicted molar refractivity (Wildman–Crippen MR) is 46.9 cm³/mol. The zero-order chi connectivity index (χ0) is 7.28. The van der Waals surface area contributed by atoms with E-state index in [1.807, 2.05) is 6.08 Å². The Bertz CT molecular complexity index is 76.6. The van der Waals surface area contributed by atoms with E-state index < -0.39 is 0 Å². The van der Waals surface area contributed by atoms with E-state index in [0.717, 1.165) is 23.6 Å². The quantitative estimate of drug-likeness (QED) is 0.472. The highest BCUT2D eigenvalue weighted by Crippen LogP contribution is 2.17. The van der Waals surface area contributed by atoms with Gasteiger partial charge in [0.05, 0.1) is 0 Å². The maximum Gasteiger partial charge on any atom is 0.00650 e. The third-order valence-corrected chi connectivity index (χ3v) is 2.44. The van der Waals surface area contributed by atoms with Gasteiger partial charge in [-0.3, -0.25) is 0 Å². The molecule has 0 aromatic heterocycles. The Hall–Kier alpha value is 0.220. The lowest BCUT2D eigenvalue weighted by Crippen LogP contribution is -2.08. The SMILES string of the molecule is C=CCC(CBr)C(C)C. The van der Waals surface area contributed by atoms with E-state index in [4.69, 9.17) is 0 Å². The van der Waals surface area contributed by atoms with Gasteiger partial charge >= 0.3 is 0 Å². The van der Waals surface area contributed by atoms with Crippen molar-refractivity contribution in [3.63, 3.8) is 0 Å². The Balaban J connectivity index is 3.53. The highest BCUT2D eigenvalue weighted by Gasteiger charge is 2.08. The van der Waals surface area contributed by atoms with Crippen molar-refractivity contribution in [2.75, 3.05) is 5.33 Å². The summed E-state index contributed by atoms with van der Waals surface area (Å²) >= 11 is 3.47. The maximum atomic E-state index is 3.71. The number of alkyl halides is 1. The molecule has 0 radical (unpaired) electrons. The molecule has 9 heavy (non-hydrogen) atoms. The van der Waals surface area contributed by atoms with Crippen LogP contribution in [0, 0.1) is 11.8 Å². The Kier molecular flexibility index (Phi) is 5.16. The standard InChI is InChI=1S/C8H15Br/c1-4-5-8(6-9)7(2)3/h4,7-8H,1,5-6H2,2-3H3. The van der Waals surface area contributed by atoms with E-state index in [2.05, 4.69) is 36.4 Å². The minimum Gasteiger partial charge on any atom is -0.103 e. The highest BCUT2D eigenvalue weighted by atomic mass is 79.9. The largest absolute Gasteiger partial charge is 0.103 e. The van der Waals surface area contributed by atoms with Gasteiger partial charge in [0.2, 0.25) is 0 Å². The van der Waals surface area contributed by atoms with E-state index in [-0.39, 0.29) is 0 Å². The second kappa shape index (κ2) is 5.04. The summed E-state index contributed by atoms with van der Waals surface area (Å²) in [5.41, 5.74) is 0. The fourth-order valence-electron chi connectivity index (χ4n) is 0.727. The molecule has 0 bridgehead atoms. The van der Waals surface area contributed by atoms with Crippen LogP contribution in [0.25, 0.3) is 0 Å². The molecular formula is C8H15Br. The molecular weight excluding hydrogens is 176 g/mol. The van der Waals surface area contributed by atoms with E-state index >= 15 is 0 Å². The molecule has 0 rings (SSSR count). The fourth-order valence-corrected chi connectivity index (χ4v) is 1.74. The summed E-state index contributed by atoms with van der Waals surface area (Å²) in [6.07, 6.45) is 3.12.